The van der Waals surface area contributed by atoms with Gasteiger partial charge in [0.15, 0.2) is 5.65 Å². The molecule has 0 atom stereocenters. The Morgan fingerprint density at radius 1 is 1.43 bits per heavy atom. The lowest BCUT2D eigenvalue weighted by Gasteiger charge is -2.10. The van der Waals surface area contributed by atoms with Gasteiger partial charge in [0.1, 0.15) is 0 Å². The molecule has 1 N–H and O–H groups in total. The van der Waals surface area contributed by atoms with E-state index in [0.29, 0.717) is 18.7 Å². The maximum Gasteiger partial charge on any atom is 0.254 e. The van der Waals surface area contributed by atoms with Gasteiger partial charge in [-0.15, -0.1) is 0 Å². The third-order valence-electron chi connectivity index (χ3n) is 3.15. The average molecular weight is 290 g/mol. The number of aromatic nitrogens is 3. The van der Waals surface area contributed by atoms with E-state index in [9.17, 15) is 4.79 Å². The molecule has 2 aromatic rings. The number of carbonyl (C=O) groups is 1. The standard InChI is InChI=1S/C15H22N4O2/c1-10(2)21-7-5-6-16-15(20)13-9-17-14-8-11(3)18-19(14)12(13)4/h8-10H,5-7H2,1-4H3,(H,16,20). The first-order valence-electron chi connectivity index (χ1n) is 7.21. The highest BCUT2D eigenvalue weighted by molar-refractivity contribution is 5.95. The van der Waals surface area contributed by atoms with Crippen LogP contribution in [0.25, 0.3) is 5.65 Å². The summed E-state index contributed by atoms with van der Waals surface area (Å²) in [6.45, 7) is 9.00. The Balaban J connectivity index is 1.98. The summed E-state index contributed by atoms with van der Waals surface area (Å²) in [5, 5.41) is 7.22. The second-order valence-corrected chi connectivity index (χ2v) is 5.34. The molecular formula is C15H22N4O2. The number of fused-ring (bicyclic) bond motifs is 1. The fourth-order valence-corrected chi connectivity index (χ4v) is 2.07. The number of nitrogens with one attached hydrogen (secondary N) is 1. The van der Waals surface area contributed by atoms with Crippen molar-refractivity contribution in [1.29, 1.82) is 0 Å². The summed E-state index contributed by atoms with van der Waals surface area (Å²) in [5.41, 5.74) is 2.99. The van der Waals surface area contributed by atoms with E-state index in [1.165, 1.54) is 0 Å². The van der Waals surface area contributed by atoms with Crippen LogP contribution >= 0.6 is 0 Å². The zero-order chi connectivity index (χ0) is 15.4. The first kappa shape index (κ1) is 15.4. The number of hydrogen-bond donors (Lipinski definition) is 1. The molecule has 2 heterocycles. The molecule has 21 heavy (non-hydrogen) atoms. The Kier molecular flexibility index (Phi) is 4.90. The summed E-state index contributed by atoms with van der Waals surface area (Å²) in [5.74, 6) is -0.125. The molecular weight excluding hydrogens is 268 g/mol. The van der Waals surface area contributed by atoms with Crippen molar-refractivity contribution in [2.45, 2.75) is 40.2 Å². The summed E-state index contributed by atoms with van der Waals surface area (Å²) in [7, 11) is 0. The minimum absolute atomic E-state index is 0.125. The molecule has 0 aliphatic carbocycles. The molecule has 2 rings (SSSR count). The Morgan fingerprint density at radius 2 is 2.19 bits per heavy atom. The van der Waals surface area contributed by atoms with Crippen LogP contribution in [0.3, 0.4) is 0 Å². The van der Waals surface area contributed by atoms with Crippen molar-refractivity contribution in [2.75, 3.05) is 13.2 Å². The molecule has 0 aromatic carbocycles. The van der Waals surface area contributed by atoms with Gasteiger partial charge in [-0.25, -0.2) is 9.50 Å². The van der Waals surface area contributed by atoms with Crippen LogP contribution < -0.4 is 5.32 Å². The van der Waals surface area contributed by atoms with Crippen molar-refractivity contribution >= 4 is 11.6 Å². The number of ether oxygens (including phenoxy) is 1. The third-order valence-corrected chi connectivity index (χ3v) is 3.15. The van der Waals surface area contributed by atoms with Crippen LogP contribution in [0, 0.1) is 13.8 Å². The van der Waals surface area contributed by atoms with Gasteiger partial charge in [-0.2, -0.15) is 5.10 Å². The maximum absolute atomic E-state index is 12.2. The van der Waals surface area contributed by atoms with Crippen LogP contribution in [0.5, 0.6) is 0 Å². The molecule has 6 nitrogen and oxygen atoms in total. The summed E-state index contributed by atoms with van der Waals surface area (Å²) in [6, 6.07) is 1.89. The molecule has 0 fully saturated rings. The Bertz CT molecular complexity index is 634. The predicted octanol–water partition coefficient (Wildman–Crippen LogP) is 1.89. The molecule has 0 aliphatic heterocycles. The van der Waals surface area contributed by atoms with E-state index in [-0.39, 0.29) is 12.0 Å². The highest BCUT2D eigenvalue weighted by Gasteiger charge is 2.13. The van der Waals surface area contributed by atoms with E-state index < -0.39 is 0 Å². The third kappa shape index (κ3) is 3.78. The van der Waals surface area contributed by atoms with Crippen LogP contribution in [0.2, 0.25) is 0 Å². The molecule has 0 saturated heterocycles. The van der Waals surface area contributed by atoms with Gasteiger partial charge in [-0.1, -0.05) is 0 Å². The van der Waals surface area contributed by atoms with Gasteiger partial charge in [-0.3, -0.25) is 4.79 Å². The molecule has 0 bridgehead atoms. The fourth-order valence-electron chi connectivity index (χ4n) is 2.07. The fraction of sp³-hybridized carbons (Fsp3) is 0.533. The minimum Gasteiger partial charge on any atom is -0.379 e. The van der Waals surface area contributed by atoms with Crippen LogP contribution in [0.1, 0.15) is 42.0 Å². The summed E-state index contributed by atoms with van der Waals surface area (Å²) in [4.78, 5) is 16.4. The monoisotopic (exact) mass is 290 g/mol. The zero-order valence-corrected chi connectivity index (χ0v) is 13.0. The number of hydrogen-bond acceptors (Lipinski definition) is 4. The van der Waals surface area contributed by atoms with E-state index in [4.69, 9.17) is 4.74 Å². The average Bonchev–Trinajstić information content (AvgIpc) is 2.79. The first-order valence-corrected chi connectivity index (χ1v) is 7.21. The van der Waals surface area contributed by atoms with Gasteiger partial charge in [0.2, 0.25) is 0 Å². The highest BCUT2D eigenvalue weighted by atomic mass is 16.5. The minimum atomic E-state index is -0.125. The lowest BCUT2D eigenvalue weighted by molar-refractivity contribution is 0.0757. The lowest BCUT2D eigenvalue weighted by Crippen LogP contribution is -2.27. The number of carbonyl (C=O) groups excluding carboxylic acids is 1. The van der Waals surface area contributed by atoms with Gasteiger partial charge in [0, 0.05) is 25.4 Å². The number of aryl methyl sites for hydroxylation is 2. The summed E-state index contributed by atoms with van der Waals surface area (Å²) < 4.78 is 7.14. The van der Waals surface area contributed by atoms with Crippen LogP contribution in [0.15, 0.2) is 12.3 Å². The maximum atomic E-state index is 12.2. The molecule has 2 aromatic heterocycles. The van der Waals surface area contributed by atoms with Gasteiger partial charge < -0.3 is 10.1 Å². The second-order valence-electron chi connectivity index (χ2n) is 5.34. The van der Waals surface area contributed by atoms with Crippen LogP contribution in [0.4, 0.5) is 0 Å². The van der Waals surface area contributed by atoms with Crippen LogP contribution in [-0.4, -0.2) is 39.8 Å². The predicted molar refractivity (Wildman–Crippen MR) is 80.5 cm³/mol. The van der Waals surface area contributed by atoms with E-state index in [1.54, 1.807) is 10.7 Å². The SMILES string of the molecule is Cc1cc2ncc(C(=O)NCCCOC(C)C)c(C)n2n1. The molecule has 6 heteroatoms. The van der Waals surface area contributed by atoms with Crippen LogP contribution in [-0.2, 0) is 4.74 Å². The largest absolute Gasteiger partial charge is 0.379 e. The van der Waals surface area contributed by atoms with Gasteiger partial charge in [0.05, 0.1) is 23.1 Å². The zero-order valence-electron chi connectivity index (χ0n) is 13.0. The van der Waals surface area contributed by atoms with Gasteiger partial charge in [-0.05, 0) is 34.1 Å². The molecule has 0 saturated carbocycles. The van der Waals surface area contributed by atoms with E-state index in [0.717, 1.165) is 23.5 Å². The Labute approximate surface area is 124 Å². The summed E-state index contributed by atoms with van der Waals surface area (Å²) in [6.07, 6.45) is 2.61. The molecule has 0 unspecified atom stereocenters. The van der Waals surface area contributed by atoms with E-state index in [1.807, 2.05) is 33.8 Å². The normalized spacial score (nSPS) is 11.3. The molecule has 1 amide bonds. The quantitative estimate of drug-likeness (QED) is 0.825. The van der Waals surface area contributed by atoms with Crippen molar-refractivity contribution in [3.05, 3.63) is 29.2 Å². The number of rotatable bonds is 6. The van der Waals surface area contributed by atoms with Crippen molar-refractivity contribution in [1.82, 2.24) is 19.9 Å². The topological polar surface area (TPSA) is 68.5 Å². The Hall–Kier alpha value is -1.95. The molecule has 0 spiro atoms. The van der Waals surface area contributed by atoms with Crippen molar-refractivity contribution < 1.29 is 9.53 Å². The van der Waals surface area contributed by atoms with Gasteiger partial charge in [0.25, 0.3) is 5.91 Å². The second kappa shape index (κ2) is 6.67. The highest BCUT2D eigenvalue weighted by Crippen LogP contribution is 2.10. The van der Waals surface area contributed by atoms with Gasteiger partial charge >= 0.3 is 0 Å². The number of nitrogens with zero attached hydrogens (tertiary/aromatic N) is 3. The molecule has 0 aliphatic rings. The first-order chi connectivity index (χ1) is 9.99. The lowest BCUT2D eigenvalue weighted by atomic mass is 10.2. The summed E-state index contributed by atoms with van der Waals surface area (Å²) >= 11 is 0. The Morgan fingerprint density at radius 3 is 2.90 bits per heavy atom. The molecule has 114 valence electrons. The molecule has 0 radical (unpaired) electrons. The van der Waals surface area contributed by atoms with Crippen molar-refractivity contribution in [2.24, 2.45) is 0 Å². The van der Waals surface area contributed by atoms with E-state index >= 15 is 0 Å². The number of amides is 1. The van der Waals surface area contributed by atoms with Crippen molar-refractivity contribution in [3.63, 3.8) is 0 Å². The van der Waals surface area contributed by atoms with E-state index in [2.05, 4.69) is 15.4 Å². The van der Waals surface area contributed by atoms with Crippen molar-refractivity contribution in [3.8, 4) is 0 Å². The smallest absolute Gasteiger partial charge is 0.254 e.